The first-order valence-electron chi connectivity index (χ1n) is 8.60. The number of carbonyl (C=O) groups excluding carboxylic acids is 2. The fourth-order valence-electron chi connectivity index (χ4n) is 3.74. The summed E-state index contributed by atoms with van der Waals surface area (Å²) in [5.74, 6) is 1.24. The Balaban J connectivity index is 1.57. The van der Waals surface area contributed by atoms with E-state index in [-0.39, 0.29) is 11.8 Å². The Labute approximate surface area is 156 Å². The van der Waals surface area contributed by atoms with Crippen molar-refractivity contribution in [1.82, 2.24) is 4.90 Å². The maximum absolute atomic E-state index is 12.9. The number of thioether (sulfide) groups is 1. The van der Waals surface area contributed by atoms with E-state index >= 15 is 0 Å². The van der Waals surface area contributed by atoms with Gasteiger partial charge in [0.15, 0.2) is 0 Å². The molecule has 2 heterocycles. The molecule has 0 radical (unpaired) electrons. The van der Waals surface area contributed by atoms with Crippen LogP contribution in [0.4, 0.5) is 5.69 Å². The highest BCUT2D eigenvalue weighted by Crippen LogP contribution is 2.54. The lowest BCUT2D eigenvalue weighted by molar-refractivity contribution is -0.136. The van der Waals surface area contributed by atoms with Crippen LogP contribution in [0.1, 0.15) is 18.4 Å². The fraction of sp³-hybridized carbons (Fsp3) is 0.300. The molecule has 2 aromatic carbocycles. The van der Waals surface area contributed by atoms with Crippen molar-refractivity contribution in [3.8, 4) is 5.75 Å². The highest BCUT2D eigenvalue weighted by atomic mass is 32.2. The van der Waals surface area contributed by atoms with Gasteiger partial charge in [-0.1, -0.05) is 30.3 Å². The van der Waals surface area contributed by atoms with Crippen LogP contribution in [-0.2, 0) is 14.5 Å². The minimum atomic E-state index is -0.461. The lowest BCUT2D eigenvalue weighted by Crippen LogP contribution is -2.48. The van der Waals surface area contributed by atoms with E-state index in [4.69, 9.17) is 4.74 Å². The van der Waals surface area contributed by atoms with E-state index in [9.17, 15) is 9.59 Å². The molecule has 0 bridgehead atoms. The molecule has 2 aliphatic heterocycles. The maximum atomic E-state index is 12.9. The van der Waals surface area contributed by atoms with Crippen molar-refractivity contribution in [2.24, 2.45) is 0 Å². The molecule has 0 aromatic heterocycles. The van der Waals surface area contributed by atoms with Gasteiger partial charge in [-0.2, -0.15) is 0 Å². The van der Waals surface area contributed by atoms with E-state index in [0.717, 1.165) is 17.7 Å². The lowest BCUT2D eigenvalue weighted by atomic mass is 10.0. The van der Waals surface area contributed by atoms with Crippen LogP contribution in [-0.4, -0.2) is 35.6 Å². The molecule has 26 heavy (non-hydrogen) atoms. The molecule has 2 atom stereocenters. The first-order chi connectivity index (χ1) is 12.6. The zero-order chi connectivity index (χ0) is 18.1. The Morgan fingerprint density at radius 1 is 1.19 bits per heavy atom. The number of hydrogen-bond donors (Lipinski definition) is 1. The Bertz CT molecular complexity index is 825. The van der Waals surface area contributed by atoms with Gasteiger partial charge in [0.05, 0.1) is 7.11 Å². The summed E-state index contributed by atoms with van der Waals surface area (Å²) in [6, 6.07) is 16.8. The monoisotopic (exact) mass is 368 g/mol. The number of amides is 2. The third-order valence-corrected chi connectivity index (χ3v) is 6.61. The topological polar surface area (TPSA) is 58.6 Å². The van der Waals surface area contributed by atoms with Crippen molar-refractivity contribution in [3.05, 3.63) is 60.2 Å². The normalized spacial score (nSPS) is 24.4. The molecule has 0 unspecified atom stereocenters. The number of anilines is 1. The highest BCUT2D eigenvalue weighted by Gasteiger charge is 2.56. The number of fused-ring (bicyclic) bond motifs is 1. The molecule has 2 aromatic rings. The Kier molecular flexibility index (Phi) is 4.36. The van der Waals surface area contributed by atoms with Crippen LogP contribution in [0.25, 0.3) is 0 Å². The van der Waals surface area contributed by atoms with Crippen molar-refractivity contribution < 1.29 is 14.3 Å². The molecule has 2 saturated heterocycles. The average Bonchev–Trinajstić information content (AvgIpc) is 3.22. The Morgan fingerprint density at radius 2 is 1.92 bits per heavy atom. The van der Waals surface area contributed by atoms with Gasteiger partial charge in [-0.05, 0) is 36.2 Å². The minimum Gasteiger partial charge on any atom is -0.497 e. The van der Waals surface area contributed by atoms with E-state index in [1.165, 1.54) is 0 Å². The van der Waals surface area contributed by atoms with Crippen molar-refractivity contribution in [2.75, 3.05) is 18.2 Å². The first kappa shape index (κ1) is 17.0. The summed E-state index contributed by atoms with van der Waals surface area (Å²) in [6.45, 7) is 0. The molecule has 2 aliphatic rings. The maximum Gasteiger partial charge on any atom is 0.248 e. The van der Waals surface area contributed by atoms with E-state index < -0.39 is 10.9 Å². The summed E-state index contributed by atoms with van der Waals surface area (Å²) >= 11 is 1.69. The van der Waals surface area contributed by atoms with Crippen molar-refractivity contribution in [3.63, 3.8) is 0 Å². The summed E-state index contributed by atoms with van der Waals surface area (Å²) in [7, 11) is 1.60. The number of ether oxygens (including phenoxy) is 1. The summed E-state index contributed by atoms with van der Waals surface area (Å²) in [4.78, 5) is 26.9. The van der Waals surface area contributed by atoms with Gasteiger partial charge in [0.1, 0.15) is 16.7 Å². The fourth-order valence-corrected chi connectivity index (χ4v) is 5.39. The number of nitrogens with one attached hydrogen (secondary N) is 1. The van der Waals surface area contributed by atoms with Crippen LogP contribution < -0.4 is 10.1 Å². The van der Waals surface area contributed by atoms with Gasteiger partial charge in [-0.25, -0.2) is 0 Å². The van der Waals surface area contributed by atoms with Crippen LogP contribution in [0.15, 0.2) is 54.6 Å². The number of hydrogen-bond acceptors (Lipinski definition) is 4. The predicted octanol–water partition coefficient (Wildman–Crippen LogP) is 3.22. The predicted molar refractivity (Wildman–Crippen MR) is 102 cm³/mol. The molecule has 0 aliphatic carbocycles. The zero-order valence-electron chi connectivity index (χ0n) is 14.5. The Hall–Kier alpha value is -2.47. The quantitative estimate of drug-likeness (QED) is 0.900. The standard InChI is InChI=1S/C20H20N2O3S/c1-25-16-9-7-15(8-10-16)21-19(24)17-13-26-20(12-11-18(23)22(17)20)14-5-3-2-4-6-14/h2-10,17H,11-13H2,1H3,(H,21,24)/t17-,20-/m0/s1. The molecule has 2 amide bonds. The van der Waals surface area contributed by atoms with Gasteiger partial charge in [0.2, 0.25) is 11.8 Å². The van der Waals surface area contributed by atoms with Crippen LogP contribution in [0.3, 0.4) is 0 Å². The molecule has 6 heteroatoms. The number of benzene rings is 2. The van der Waals surface area contributed by atoms with Crippen LogP contribution >= 0.6 is 11.8 Å². The molecule has 2 fully saturated rings. The van der Waals surface area contributed by atoms with Gasteiger partial charge >= 0.3 is 0 Å². The number of rotatable bonds is 4. The van der Waals surface area contributed by atoms with Gasteiger partial charge in [0, 0.05) is 17.9 Å². The molecule has 1 N–H and O–H groups in total. The number of nitrogens with zero attached hydrogens (tertiary/aromatic N) is 1. The molecule has 0 saturated carbocycles. The first-order valence-corrected chi connectivity index (χ1v) is 9.59. The van der Waals surface area contributed by atoms with E-state index in [1.54, 1.807) is 48.0 Å². The van der Waals surface area contributed by atoms with Crippen molar-refractivity contribution in [1.29, 1.82) is 0 Å². The summed E-state index contributed by atoms with van der Waals surface area (Å²) in [6.07, 6.45) is 1.22. The Morgan fingerprint density at radius 3 is 2.62 bits per heavy atom. The van der Waals surface area contributed by atoms with E-state index in [0.29, 0.717) is 17.9 Å². The summed E-state index contributed by atoms with van der Waals surface area (Å²) in [5.41, 5.74) is 1.79. The molecule has 0 spiro atoms. The lowest BCUT2D eigenvalue weighted by Gasteiger charge is -2.34. The van der Waals surface area contributed by atoms with Gasteiger partial charge in [-0.15, -0.1) is 11.8 Å². The summed E-state index contributed by atoms with van der Waals surface area (Å²) in [5, 5.41) is 2.94. The SMILES string of the molecule is COc1ccc(NC(=O)[C@@H]2CS[C@]3(c4ccccc4)CCC(=O)N23)cc1. The molecular weight excluding hydrogens is 348 g/mol. The molecular formula is C20H20N2O3S. The smallest absolute Gasteiger partial charge is 0.248 e. The number of methoxy groups -OCH3 is 1. The second-order valence-electron chi connectivity index (χ2n) is 6.46. The molecule has 134 valence electrons. The second-order valence-corrected chi connectivity index (χ2v) is 7.76. The summed E-state index contributed by atoms with van der Waals surface area (Å²) < 4.78 is 5.14. The van der Waals surface area contributed by atoms with Crippen LogP contribution in [0, 0.1) is 0 Å². The van der Waals surface area contributed by atoms with Crippen molar-refractivity contribution >= 4 is 29.3 Å². The minimum absolute atomic E-state index is 0.0498. The zero-order valence-corrected chi connectivity index (χ0v) is 15.3. The van der Waals surface area contributed by atoms with Crippen LogP contribution in [0.2, 0.25) is 0 Å². The van der Waals surface area contributed by atoms with Crippen LogP contribution in [0.5, 0.6) is 5.75 Å². The van der Waals surface area contributed by atoms with Gasteiger partial charge < -0.3 is 15.0 Å². The van der Waals surface area contributed by atoms with Gasteiger partial charge in [-0.3, -0.25) is 9.59 Å². The van der Waals surface area contributed by atoms with Gasteiger partial charge in [0.25, 0.3) is 0 Å². The molecule has 5 nitrogen and oxygen atoms in total. The second kappa shape index (κ2) is 6.68. The molecule has 4 rings (SSSR count). The third-order valence-electron chi connectivity index (χ3n) is 5.01. The van der Waals surface area contributed by atoms with E-state index in [2.05, 4.69) is 5.32 Å². The van der Waals surface area contributed by atoms with E-state index in [1.807, 2.05) is 30.3 Å². The number of carbonyl (C=O) groups is 2. The largest absolute Gasteiger partial charge is 0.497 e. The third kappa shape index (κ3) is 2.74. The average molecular weight is 368 g/mol. The van der Waals surface area contributed by atoms with Crippen molar-refractivity contribution in [2.45, 2.75) is 23.8 Å². The highest BCUT2D eigenvalue weighted by molar-refractivity contribution is 8.00.